The van der Waals surface area contributed by atoms with Crippen LogP contribution in [0.5, 0.6) is 0 Å². The van der Waals surface area contributed by atoms with Gasteiger partial charge in [-0.05, 0) is 52.4 Å². The zero-order valence-corrected chi connectivity index (χ0v) is 16.6. The van der Waals surface area contributed by atoms with E-state index in [-0.39, 0.29) is 11.8 Å². The summed E-state index contributed by atoms with van der Waals surface area (Å²) in [5, 5.41) is 11.3. The first-order valence-electron chi connectivity index (χ1n) is 10.2. The normalized spacial score (nSPS) is 20.0. The van der Waals surface area contributed by atoms with Crippen LogP contribution in [0.1, 0.15) is 23.1 Å². The number of benzene rings is 3. The van der Waals surface area contributed by atoms with E-state index in [0.717, 1.165) is 34.0 Å². The maximum Gasteiger partial charge on any atom is 0.251 e. The standard InChI is InChI=1S/C25H23N3O2/c1-16-26-24(30)25(28-16)12-11-18-13-21(10-9-20(18)15-25)27-23(29)14-19-7-4-6-17-5-2-3-8-22(17)19/h2-10,13,28H,1,11-12,14-15H2,(H,26,30)(H,27,29). The second-order valence-electron chi connectivity index (χ2n) is 8.16. The highest BCUT2D eigenvalue weighted by atomic mass is 16.2. The molecule has 3 aromatic rings. The predicted molar refractivity (Wildman–Crippen MR) is 118 cm³/mol. The van der Waals surface area contributed by atoms with Crippen molar-refractivity contribution in [1.29, 1.82) is 0 Å². The number of aryl methyl sites for hydroxylation is 1. The lowest BCUT2D eigenvalue weighted by atomic mass is 9.78. The van der Waals surface area contributed by atoms with E-state index in [9.17, 15) is 9.59 Å². The van der Waals surface area contributed by atoms with Gasteiger partial charge in [0.1, 0.15) is 5.54 Å². The number of hydrogen-bond donors (Lipinski definition) is 3. The fourth-order valence-corrected chi connectivity index (χ4v) is 4.63. The van der Waals surface area contributed by atoms with Crippen LogP contribution in [0.2, 0.25) is 0 Å². The molecule has 1 aliphatic heterocycles. The van der Waals surface area contributed by atoms with Crippen LogP contribution in [0.3, 0.4) is 0 Å². The maximum absolute atomic E-state index is 12.7. The molecule has 1 fully saturated rings. The molecule has 150 valence electrons. The number of amides is 2. The van der Waals surface area contributed by atoms with Crippen LogP contribution >= 0.6 is 0 Å². The molecule has 1 spiro atoms. The minimum Gasteiger partial charge on any atom is -0.358 e. The van der Waals surface area contributed by atoms with Crippen LogP contribution in [-0.4, -0.2) is 17.4 Å². The first-order valence-corrected chi connectivity index (χ1v) is 10.2. The van der Waals surface area contributed by atoms with Gasteiger partial charge in [-0.3, -0.25) is 9.59 Å². The van der Waals surface area contributed by atoms with Gasteiger partial charge >= 0.3 is 0 Å². The van der Waals surface area contributed by atoms with Crippen LogP contribution in [-0.2, 0) is 28.9 Å². The van der Waals surface area contributed by atoms with Gasteiger partial charge in [0.05, 0.1) is 12.2 Å². The molecule has 5 nitrogen and oxygen atoms in total. The molecular formula is C25H23N3O2. The van der Waals surface area contributed by atoms with E-state index in [1.54, 1.807) is 0 Å². The maximum atomic E-state index is 12.7. The van der Waals surface area contributed by atoms with Crippen molar-refractivity contribution in [2.75, 3.05) is 5.32 Å². The van der Waals surface area contributed by atoms with Gasteiger partial charge in [-0.25, -0.2) is 0 Å². The Balaban J connectivity index is 1.31. The zero-order chi connectivity index (χ0) is 20.7. The molecular weight excluding hydrogens is 374 g/mol. The number of fused-ring (bicyclic) bond motifs is 2. The van der Waals surface area contributed by atoms with Gasteiger partial charge in [0, 0.05) is 12.1 Å². The van der Waals surface area contributed by atoms with Crippen molar-refractivity contribution in [2.45, 2.75) is 31.2 Å². The number of carbonyl (C=O) groups is 2. The predicted octanol–water partition coefficient (Wildman–Crippen LogP) is 3.44. The Morgan fingerprint density at radius 3 is 2.73 bits per heavy atom. The number of rotatable bonds is 3. The summed E-state index contributed by atoms with van der Waals surface area (Å²) < 4.78 is 0. The highest BCUT2D eigenvalue weighted by molar-refractivity contribution is 5.96. The summed E-state index contributed by atoms with van der Waals surface area (Å²) in [5.74, 6) is 0.526. The minimum atomic E-state index is -0.594. The Kier molecular flexibility index (Phi) is 4.31. The van der Waals surface area contributed by atoms with E-state index >= 15 is 0 Å². The van der Waals surface area contributed by atoms with Gasteiger partial charge in [0.15, 0.2) is 0 Å². The average molecular weight is 397 g/mol. The van der Waals surface area contributed by atoms with Crippen molar-refractivity contribution < 1.29 is 9.59 Å². The van der Waals surface area contributed by atoms with E-state index in [2.05, 4.69) is 40.7 Å². The molecule has 5 heteroatoms. The van der Waals surface area contributed by atoms with Crippen molar-refractivity contribution in [3.05, 3.63) is 89.8 Å². The molecule has 0 bridgehead atoms. The van der Waals surface area contributed by atoms with Crippen LogP contribution in [0, 0.1) is 0 Å². The Morgan fingerprint density at radius 2 is 1.90 bits per heavy atom. The second-order valence-corrected chi connectivity index (χ2v) is 8.16. The third kappa shape index (κ3) is 3.22. The summed E-state index contributed by atoms with van der Waals surface area (Å²) in [5.41, 5.74) is 3.53. The molecule has 3 aromatic carbocycles. The first kappa shape index (κ1) is 18.4. The average Bonchev–Trinajstić information content (AvgIpc) is 3.00. The van der Waals surface area contributed by atoms with E-state index in [0.29, 0.717) is 25.1 Å². The number of carbonyl (C=O) groups excluding carboxylic acids is 2. The summed E-state index contributed by atoms with van der Waals surface area (Å²) in [4.78, 5) is 25.1. The second kappa shape index (κ2) is 7.02. The molecule has 1 aliphatic carbocycles. The smallest absolute Gasteiger partial charge is 0.251 e. The fraction of sp³-hybridized carbons (Fsp3) is 0.200. The Labute approximate surface area is 175 Å². The number of nitrogens with one attached hydrogen (secondary N) is 3. The molecule has 5 rings (SSSR count). The van der Waals surface area contributed by atoms with Crippen LogP contribution in [0.25, 0.3) is 10.8 Å². The van der Waals surface area contributed by atoms with Gasteiger partial charge in [-0.1, -0.05) is 55.1 Å². The van der Waals surface area contributed by atoms with Gasteiger partial charge < -0.3 is 16.0 Å². The highest BCUT2D eigenvalue weighted by Crippen LogP contribution is 2.33. The molecule has 2 aliphatic rings. The topological polar surface area (TPSA) is 70.2 Å². The molecule has 0 aromatic heterocycles. The Hall–Kier alpha value is -3.60. The van der Waals surface area contributed by atoms with E-state index in [4.69, 9.17) is 0 Å². The van der Waals surface area contributed by atoms with Gasteiger partial charge in [-0.2, -0.15) is 0 Å². The lowest BCUT2D eigenvalue weighted by molar-refractivity contribution is -0.124. The van der Waals surface area contributed by atoms with Gasteiger partial charge in [0.25, 0.3) is 5.91 Å². The molecule has 1 heterocycles. The van der Waals surface area contributed by atoms with Gasteiger partial charge in [-0.15, -0.1) is 0 Å². The molecule has 2 amide bonds. The van der Waals surface area contributed by atoms with Crippen molar-refractivity contribution >= 4 is 28.3 Å². The van der Waals surface area contributed by atoms with Gasteiger partial charge in [0.2, 0.25) is 5.91 Å². The summed E-state index contributed by atoms with van der Waals surface area (Å²) >= 11 is 0. The van der Waals surface area contributed by atoms with Crippen LogP contribution in [0.4, 0.5) is 5.69 Å². The summed E-state index contributed by atoms with van der Waals surface area (Å²) in [6, 6.07) is 20.1. The van der Waals surface area contributed by atoms with Crippen LogP contribution < -0.4 is 16.0 Å². The van der Waals surface area contributed by atoms with Crippen molar-refractivity contribution in [3.63, 3.8) is 0 Å². The lowest BCUT2D eigenvalue weighted by Gasteiger charge is -2.32. The third-order valence-electron chi connectivity index (χ3n) is 6.12. The Bertz CT molecular complexity index is 1190. The van der Waals surface area contributed by atoms with E-state index in [1.165, 1.54) is 5.56 Å². The molecule has 1 atom stereocenters. The fourth-order valence-electron chi connectivity index (χ4n) is 4.63. The molecule has 1 unspecified atom stereocenters. The Morgan fingerprint density at radius 1 is 1.07 bits per heavy atom. The third-order valence-corrected chi connectivity index (χ3v) is 6.12. The summed E-state index contributed by atoms with van der Waals surface area (Å²) in [7, 11) is 0. The molecule has 3 N–H and O–H groups in total. The number of hydrogen-bond acceptors (Lipinski definition) is 3. The highest BCUT2D eigenvalue weighted by Gasteiger charge is 2.45. The van der Waals surface area contributed by atoms with E-state index in [1.807, 2.05) is 42.5 Å². The molecule has 1 saturated heterocycles. The molecule has 0 radical (unpaired) electrons. The first-order chi connectivity index (χ1) is 14.5. The SMILES string of the molecule is C=C1NC(=O)C2(CCc3cc(NC(=O)Cc4cccc5ccccc45)ccc3C2)N1. The lowest BCUT2D eigenvalue weighted by Crippen LogP contribution is -2.50. The summed E-state index contributed by atoms with van der Waals surface area (Å²) in [6.07, 6.45) is 2.43. The molecule has 30 heavy (non-hydrogen) atoms. The summed E-state index contributed by atoms with van der Waals surface area (Å²) in [6.45, 7) is 3.82. The minimum absolute atomic E-state index is 0.00869. The quantitative estimate of drug-likeness (QED) is 0.634. The van der Waals surface area contributed by atoms with Crippen molar-refractivity contribution in [1.82, 2.24) is 10.6 Å². The van der Waals surface area contributed by atoms with E-state index < -0.39 is 5.54 Å². The van der Waals surface area contributed by atoms with Crippen molar-refractivity contribution in [2.24, 2.45) is 0 Å². The van der Waals surface area contributed by atoms with Crippen molar-refractivity contribution in [3.8, 4) is 0 Å². The monoisotopic (exact) mass is 397 g/mol. The molecule has 0 saturated carbocycles. The largest absolute Gasteiger partial charge is 0.358 e. The zero-order valence-electron chi connectivity index (χ0n) is 16.6. The number of anilines is 1. The van der Waals surface area contributed by atoms with Crippen LogP contribution in [0.15, 0.2) is 73.1 Å².